The summed E-state index contributed by atoms with van der Waals surface area (Å²) in [6, 6.07) is 13.3. The second kappa shape index (κ2) is 6.47. The van der Waals surface area contributed by atoms with Gasteiger partial charge in [-0.1, -0.05) is 12.1 Å². The number of rotatable bonds is 3. The van der Waals surface area contributed by atoms with Gasteiger partial charge in [0.25, 0.3) is 5.91 Å². The predicted molar refractivity (Wildman–Crippen MR) is 92.7 cm³/mol. The maximum absolute atomic E-state index is 13.7. The lowest BCUT2D eigenvalue weighted by Crippen LogP contribution is -2.13. The van der Waals surface area contributed by atoms with Crippen LogP contribution in [0.25, 0.3) is 11.4 Å². The number of aromatic nitrogens is 3. The molecule has 1 aliphatic rings. The van der Waals surface area contributed by atoms with E-state index in [1.54, 1.807) is 24.3 Å². The largest absolute Gasteiger partial charge is 0.322 e. The summed E-state index contributed by atoms with van der Waals surface area (Å²) >= 11 is 0. The normalized spacial score (nSPS) is 13.3. The number of nitrogens with zero attached hydrogens (tertiary/aromatic N) is 3. The minimum Gasteiger partial charge on any atom is -0.322 e. The molecule has 4 rings (SSSR count). The quantitative estimate of drug-likeness (QED) is 0.794. The Labute approximate surface area is 144 Å². The van der Waals surface area contributed by atoms with Crippen LogP contribution in [0.3, 0.4) is 0 Å². The zero-order chi connectivity index (χ0) is 17.2. The Morgan fingerprint density at radius 1 is 1.04 bits per heavy atom. The lowest BCUT2D eigenvalue weighted by Gasteiger charge is -2.14. The van der Waals surface area contributed by atoms with Crippen LogP contribution in [0.1, 0.15) is 29.0 Å². The van der Waals surface area contributed by atoms with Crippen LogP contribution < -0.4 is 5.32 Å². The fourth-order valence-electron chi connectivity index (χ4n) is 3.07. The number of hydrogen-bond donors (Lipinski definition) is 1. The van der Waals surface area contributed by atoms with Crippen molar-refractivity contribution in [3.8, 4) is 11.4 Å². The molecule has 126 valence electrons. The molecular weight excluding hydrogens is 319 g/mol. The van der Waals surface area contributed by atoms with Crippen molar-refractivity contribution in [1.82, 2.24) is 14.8 Å². The summed E-state index contributed by atoms with van der Waals surface area (Å²) in [6.45, 7) is 0.934. The lowest BCUT2D eigenvalue weighted by atomic mass is 10.1. The van der Waals surface area contributed by atoms with Crippen LogP contribution >= 0.6 is 0 Å². The van der Waals surface area contributed by atoms with E-state index in [9.17, 15) is 9.18 Å². The maximum atomic E-state index is 13.7. The lowest BCUT2D eigenvalue weighted by molar-refractivity contribution is 0.102. The number of carbonyl (C=O) groups excluding carboxylic acids is 1. The number of aryl methyl sites for hydroxylation is 1. The van der Waals surface area contributed by atoms with E-state index in [0.29, 0.717) is 5.69 Å². The molecule has 1 aromatic heterocycles. The topological polar surface area (TPSA) is 59.8 Å². The number of carbonyl (C=O) groups is 1. The van der Waals surface area contributed by atoms with Crippen molar-refractivity contribution in [1.29, 1.82) is 0 Å². The summed E-state index contributed by atoms with van der Waals surface area (Å²) in [4.78, 5) is 12.2. The molecule has 6 heteroatoms. The standard InChI is InChI=1S/C19H17FN4O/c20-16-6-2-1-5-15(16)19(25)21-14-10-8-13(9-11-14)18-23-22-17-7-3-4-12-24(17)18/h1-2,5-6,8-11H,3-4,7,12H2,(H,21,25). The van der Waals surface area contributed by atoms with Gasteiger partial charge in [-0.25, -0.2) is 4.39 Å². The average molecular weight is 336 g/mol. The Kier molecular flexibility index (Phi) is 4.01. The number of halogens is 1. The van der Waals surface area contributed by atoms with E-state index in [1.165, 1.54) is 12.1 Å². The molecule has 0 spiro atoms. The second-order valence-electron chi connectivity index (χ2n) is 6.06. The Hall–Kier alpha value is -3.02. The second-order valence-corrected chi connectivity index (χ2v) is 6.06. The first kappa shape index (κ1) is 15.5. The SMILES string of the molecule is O=C(Nc1ccc(-c2nnc3n2CCCC3)cc1)c1ccccc1F. The van der Waals surface area contributed by atoms with Gasteiger partial charge in [0.2, 0.25) is 0 Å². The highest BCUT2D eigenvalue weighted by Crippen LogP contribution is 2.24. The van der Waals surface area contributed by atoms with Gasteiger partial charge in [0.05, 0.1) is 5.56 Å². The molecule has 0 radical (unpaired) electrons. The highest BCUT2D eigenvalue weighted by Gasteiger charge is 2.17. The molecule has 0 saturated heterocycles. The van der Waals surface area contributed by atoms with E-state index in [1.807, 2.05) is 12.1 Å². The molecule has 0 aliphatic carbocycles. The summed E-state index contributed by atoms with van der Waals surface area (Å²) in [5.41, 5.74) is 1.58. The number of amides is 1. The van der Waals surface area contributed by atoms with Gasteiger partial charge in [-0.05, 0) is 49.2 Å². The van der Waals surface area contributed by atoms with Gasteiger partial charge in [0, 0.05) is 24.2 Å². The molecule has 0 unspecified atom stereocenters. The van der Waals surface area contributed by atoms with Crippen molar-refractivity contribution in [2.45, 2.75) is 25.8 Å². The molecule has 25 heavy (non-hydrogen) atoms. The van der Waals surface area contributed by atoms with E-state index in [4.69, 9.17) is 0 Å². The summed E-state index contributed by atoms with van der Waals surface area (Å²) in [5.74, 6) is 0.872. The fraction of sp³-hybridized carbons (Fsp3) is 0.211. The molecule has 2 heterocycles. The molecule has 1 amide bonds. The molecular formula is C19H17FN4O. The van der Waals surface area contributed by atoms with Crippen LogP contribution in [-0.2, 0) is 13.0 Å². The van der Waals surface area contributed by atoms with E-state index in [2.05, 4.69) is 20.1 Å². The Morgan fingerprint density at radius 3 is 2.64 bits per heavy atom. The van der Waals surface area contributed by atoms with Gasteiger partial charge in [0.15, 0.2) is 5.82 Å². The van der Waals surface area contributed by atoms with Gasteiger partial charge in [-0.15, -0.1) is 10.2 Å². The summed E-state index contributed by atoms with van der Waals surface area (Å²) in [5, 5.41) is 11.3. The first-order valence-corrected chi connectivity index (χ1v) is 8.31. The smallest absolute Gasteiger partial charge is 0.258 e. The zero-order valence-corrected chi connectivity index (χ0v) is 13.6. The molecule has 0 atom stereocenters. The van der Waals surface area contributed by atoms with Crippen LogP contribution in [0.5, 0.6) is 0 Å². The summed E-state index contributed by atoms with van der Waals surface area (Å²) in [6.07, 6.45) is 3.25. The number of fused-ring (bicyclic) bond motifs is 1. The first-order valence-electron chi connectivity index (χ1n) is 8.31. The maximum Gasteiger partial charge on any atom is 0.258 e. The molecule has 3 aromatic rings. The number of benzene rings is 2. The van der Waals surface area contributed by atoms with E-state index < -0.39 is 11.7 Å². The third kappa shape index (κ3) is 3.03. The van der Waals surface area contributed by atoms with Crippen molar-refractivity contribution < 1.29 is 9.18 Å². The monoisotopic (exact) mass is 336 g/mol. The summed E-state index contributed by atoms with van der Waals surface area (Å²) in [7, 11) is 0. The molecule has 0 saturated carbocycles. The average Bonchev–Trinajstić information content (AvgIpc) is 3.07. The molecule has 0 bridgehead atoms. The minimum absolute atomic E-state index is 0.0260. The third-order valence-corrected chi connectivity index (χ3v) is 4.38. The molecule has 2 aromatic carbocycles. The highest BCUT2D eigenvalue weighted by molar-refractivity contribution is 6.04. The molecule has 1 N–H and O–H groups in total. The molecule has 0 fully saturated rings. The van der Waals surface area contributed by atoms with Crippen molar-refractivity contribution in [3.63, 3.8) is 0 Å². The van der Waals surface area contributed by atoms with Gasteiger partial charge in [-0.2, -0.15) is 0 Å². The van der Waals surface area contributed by atoms with Gasteiger partial charge in [0.1, 0.15) is 11.6 Å². The molecule has 5 nitrogen and oxygen atoms in total. The minimum atomic E-state index is -0.535. The van der Waals surface area contributed by atoms with Crippen LogP contribution in [0.15, 0.2) is 48.5 Å². The Bertz CT molecular complexity index is 917. The van der Waals surface area contributed by atoms with Crippen LogP contribution in [0.2, 0.25) is 0 Å². The summed E-state index contributed by atoms with van der Waals surface area (Å²) < 4.78 is 15.8. The van der Waals surface area contributed by atoms with Gasteiger partial charge in [-0.3, -0.25) is 4.79 Å². The van der Waals surface area contributed by atoms with Crippen LogP contribution in [0.4, 0.5) is 10.1 Å². The molecule has 1 aliphatic heterocycles. The van der Waals surface area contributed by atoms with E-state index in [-0.39, 0.29) is 5.56 Å². The first-order chi connectivity index (χ1) is 12.2. The fourth-order valence-corrected chi connectivity index (χ4v) is 3.07. The zero-order valence-electron chi connectivity index (χ0n) is 13.6. The Balaban J connectivity index is 1.54. The van der Waals surface area contributed by atoms with Crippen molar-refractivity contribution in [2.24, 2.45) is 0 Å². The van der Waals surface area contributed by atoms with Gasteiger partial charge < -0.3 is 9.88 Å². The number of nitrogens with one attached hydrogen (secondary N) is 1. The van der Waals surface area contributed by atoms with Crippen molar-refractivity contribution in [2.75, 3.05) is 5.32 Å². The highest BCUT2D eigenvalue weighted by atomic mass is 19.1. The number of hydrogen-bond acceptors (Lipinski definition) is 3. The third-order valence-electron chi connectivity index (χ3n) is 4.38. The Morgan fingerprint density at radius 2 is 1.84 bits per heavy atom. The van der Waals surface area contributed by atoms with E-state index >= 15 is 0 Å². The van der Waals surface area contributed by atoms with Crippen LogP contribution in [0, 0.1) is 5.82 Å². The van der Waals surface area contributed by atoms with Crippen molar-refractivity contribution >= 4 is 11.6 Å². The number of anilines is 1. The van der Waals surface area contributed by atoms with Crippen LogP contribution in [-0.4, -0.2) is 20.7 Å². The van der Waals surface area contributed by atoms with Crippen molar-refractivity contribution in [3.05, 3.63) is 65.7 Å². The predicted octanol–water partition coefficient (Wildman–Crippen LogP) is 3.67. The van der Waals surface area contributed by atoms with E-state index in [0.717, 1.165) is 43.0 Å². The van der Waals surface area contributed by atoms with Gasteiger partial charge >= 0.3 is 0 Å².